The Hall–Kier alpha value is -1.18. The Balaban J connectivity index is 2.28. The zero-order valence-electron chi connectivity index (χ0n) is 16.1. The van der Waals surface area contributed by atoms with Gasteiger partial charge in [-0.2, -0.15) is 0 Å². The molecule has 0 saturated heterocycles. The maximum Gasteiger partial charge on any atom is 0.275 e. The number of aliphatic hydroxyl groups excluding tert-OH is 1. The number of hydrogen-bond donors (Lipinski definition) is 3. The second-order valence-electron chi connectivity index (χ2n) is 7.54. The van der Waals surface area contributed by atoms with Crippen LogP contribution in [0.5, 0.6) is 5.19 Å². The summed E-state index contributed by atoms with van der Waals surface area (Å²) >= 11 is 1.27. The highest BCUT2D eigenvalue weighted by Crippen LogP contribution is 2.25. The number of nitrogens with zero attached hydrogens (tertiary/aromatic N) is 1. The van der Waals surface area contributed by atoms with Gasteiger partial charge in [0, 0.05) is 18.5 Å². The Bertz CT molecular complexity index is 514. The molecule has 144 valence electrons. The molecule has 0 spiro atoms. The van der Waals surface area contributed by atoms with Gasteiger partial charge in [-0.15, -0.1) is 0 Å². The van der Waals surface area contributed by atoms with Crippen LogP contribution in [0.15, 0.2) is 6.20 Å². The van der Waals surface area contributed by atoms with Crippen LogP contribution in [0.2, 0.25) is 0 Å². The number of anilines is 1. The smallest absolute Gasteiger partial charge is 0.275 e. The second kappa shape index (κ2) is 10.7. The summed E-state index contributed by atoms with van der Waals surface area (Å²) in [5.74, 6) is 0.670. The summed E-state index contributed by atoms with van der Waals surface area (Å²) in [5, 5.41) is 17.1. The van der Waals surface area contributed by atoms with Gasteiger partial charge < -0.3 is 20.5 Å². The van der Waals surface area contributed by atoms with E-state index in [-0.39, 0.29) is 18.1 Å². The number of ether oxygens (including phenoxy) is 1. The standard InChI is InChI=1S/C18H33N3O3S/c1-6-13(2)8-7-9-15(23)21-16-11-19-17(25-16)24-12-14(22)10-20-18(3,4)5/h11,13-14,20,22H,6-10,12H2,1-5H3,(H,21,23). The minimum Gasteiger partial charge on any atom is -0.467 e. The number of amides is 1. The number of thiazole rings is 1. The maximum absolute atomic E-state index is 11.9. The molecule has 3 N–H and O–H groups in total. The highest BCUT2D eigenvalue weighted by molar-refractivity contribution is 7.17. The van der Waals surface area contributed by atoms with Crippen LogP contribution < -0.4 is 15.4 Å². The van der Waals surface area contributed by atoms with Crippen molar-refractivity contribution in [3.63, 3.8) is 0 Å². The van der Waals surface area contributed by atoms with Crippen molar-refractivity contribution >= 4 is 22.2 Å². The molecule has 25 heavy (non-hydrogen) atoms. The number of aliphatic hydroxyl groups is 1. The summed E-state index contributed by atoms with van der Waals surface area (Å²) in [6, 6.07) is 0. The van der Waals surface area contributed by atoms with Crippen LogP contribution in [0.1, 0.15) is 60.3 Å². The normalized spacial score (nSPS) is 14.2. The van der Waals surface area contributed by atoms with Gasteiger partial charge in [-0.25, -0.2) is 4.98 Å². The van der Waals surface area contributed by atoms with Crippen LogP contribution in [0.4, 0.5) is 5.00 Å². The Morgan fingerprint density at radius 2 is 2.16 bits per heavy atom. The molecule has 0 bridgehead atoms. The lowest BCUT2D eigenvalue weighted by Gasteiger charge is -2.22. The van der Waals surface area contributed by atoms with E-state index >= 15 is 0 Å². The number of nitrogens with one attached hydrogen (secondary N) is 2. The van der Waals surface area contributed by atoms with Gasteiger partial charge >= 0.3 is 0 Å². The van der Waals surface area contributed by atoms with E-state index in [0.717, 1.165) is 19.3 Å². The molecule has 1 aromatic heterocycles. The predicted molar refractivity (Wildman–Crippen MR) is 103 cm³/mol. The Kier molecular flexibility index (Phi) is 9.38. The molecule has 0 aliphatic carbocycles. The number of carbonyl (C=O) groups is 1. The van der Waals surface area contributed by atoms with Crippen molar-refractivity contribution in [1.29, 1.82) is 0 Å². The van der Waals surface area contributed by atoms with Crippen molar-refractivity contribution in [1.82, 2.24) is 10.3 Å². The molecule has 1 aromatic rings. The van der Waals surface area contributed by atoms with Crippen LogP contribution >= 0.6 is 11.3 Å². The topological polar surface area (TPSA) is 83.5 Å². The quantitative estimate of drug-likeness (QED) is 0.555. The lowest BCUT2D eigenvalue weighted by atomic mass is 10.0. The molecule has 0 aromatic carbocycles. The molecule has 0 aliphatic heterocycles. The summed E-state index contributed by atoms with van der Waals surface area (Å²) in [5.41, 5.74) is -0.0471. The zero-order valence-corrected chi connectivity index (χ0v) is 16.9. The third-order valence-electron chi connectivity index (χ3n) is 3.81. The van der Waals surface area contributed by atoms with E-state index in [0.29, 0.717) is 29.1 Å². The third-order valence-corrected chi connectivity index (χ3v) is 4.64. The Morgan fingerprint density at radius 1 is 1.44 bits per heavy atom. The molecule has 0 fully saturated rings. The van der Waals surface area contributed by atoms with E-state index in [1.807, 2.05) is 20.8 Å². The van der Waals surface area contributed by atoms with Gasteiger partial charge in [0.05, 0.1) is 6.20 Å². The van der Waals surface area contributed by atoms with E-state index < -0.39 is 6.10 Å². The van der Waals surface area contributed by atoms with E-state index in [9.17, 15) is 9.90 Å². The molecule has 6 nitrogen and oxygen atoms in total. The van der Waals surface area contributed by atoms with Crippen LogP contribution in [-0.2, 0) is 4.79 Å². The molecule has 0 aliphatic rings. The highest BCUT2D eigenvalue weighted by Gasteiger charge is 2.14. The molecule has 7 heteroatoms. The maximum atomic E-state index is 11.9. The van der Waals surface area contributed by atoms with Crippen molar-refractivity contribution < 1.29 is 14.6 Å². The van der Waals surface area contributed by atoms with Gasteiger partial charge in [-0.3, -0.25) is 4.79 Å². The predicted octanol–water partition coefficient (Wildman–Crippen LogP) is 3.43. The van der Waals surface area contributed by atoms with E-state index in [2.05, 4.69) is 29.5 Å². The lowest BCUT2D eigenvalue weighted by Crippen LogP contribution is -2.42. The second-order valence-corrected chi connectivity index (χ2v) is 8.53. The minimum absolute atomic E-state index is 0.00733. The van der Waals surface area contributed by atoms with Gasteiger partial charge in [0.25, 0.3) is 5.19 Å². The molecule has 0 radical (unpaired) electrons. The molecular formula is C18H33N3O3S. The fourth-order valence-electron chi connectivity index (χ4n) is 2.05. The van der Waals surface area contributed by atoms with Gasteiger partial charge in [-0.05, 0) is 33.1 Å². The fourth-order valence-corrected chi connectivity index (χ4v) is 2.74. The molecular weight excluding hydrogens is 338 g/mol. The number of rotatable bonds is 11. The van der Waals surface area contributed by atoms with Gasteiger partial charge in [0.2, 0.25) is 5.91 Å². The van der Waals surface area contributed by atoms with Crippen LogP contribution in [0, 0.1) is 5.92 Å². The van der Waals surface area contributed by atoms with Crippen molar-refractivity contribution in [2.45, 2.75) is 71.9 Å². The third kappa shape index (κ3) is 10.4. The van der Waals surface area contributed by atoms with Crippen molar-refractivity contribution in [2.24, 2.45) is 5.92 Å². The number of hydrogen-bond acceptors (Lipinski definition) is 6. The Morgan fingerprint density at radius 3 is 2.80 bits per heavy atom. The van der Waals surface area contributed by atoms with Crippen LogP contribution in [0.3, 0.4) is 0 Å². The summed E-state index contributed by atoms with van der Waals surface area (Å²) in [6.07, 6.45) is 4.62. The van der Waals surface area contributed by atoms with Crippen molar-refractivity contribution in [3.05, 3.63) is 6.20 Å². The summed E-state index contributed by atoms with van der Waals surface area (Å²) < 4.78 is 5.49. The minimum atomic E-state index is -0.610. The largest absolute Gasteiger partial charge is 0.467 e. The highest BCUT2D eigenvalue weighted by atomic mass is 32.1. The SMILES string of the molecule is CCC(C)CCCC(=O)Nc1cnc(OCC(O)CNC(C)(C)C)s1. The molecule has 1 rings (SSSR count). The van der Waals surface area contributed by atoms with Crippen molar-refractivity contribution in [2.75, 3.05) is 18.5 Å². The van der Waals surface area contributed by atoms with Crippen LogP contribution in [0.25, 0.3) is 0 Å². The molecule has 2 unspecified atom stereocenters. The molecule has 2 atom stereocenters. The van der Waals surface area contributed by atoms with Gasteiger partial charge in [0.15, 0.2) is 0 Å². The van der Waals surface area contributed by atoms with Gasteiger partial charge in [-0.1, -0.05) is 38.0 Å². The average Bonchev–Trinajstić information content (AvgIpc) is 2.97. The number of carbonyl (C=O) groups excluding carboxylic acids is 1. The van der Waals surface area contributed by atoms with E-state index in [1.165, 1.54) is 11.3 Å². The first-order chi connectivity index (χ1) is 11.7. The first-order valence-electron chi connectivity index (χ1n) is 9.01. The summed E-state index contributed by atoms with van der Waals surface area (Å²) in [6.45, 7) is 11.1. The van der Waals surface area contributed by atoms with Gasteiger partial charge in [0.1, 0.15) is 17.7 Å². The Labute approximate surface area is 155 Å². The van der Waals surface area contributed by atoms with Crippen molar-refractivity contribution in [3.8, 4) is 5.19 Å². The summed E-state index contributed by atoms with van der Waals surface area (Å²) in [4.78, 5) is 16.0. The zero-order chi connectivity index (χ0) is 18.9. The summed E-state index contributed by atoms with van der Waals surface area (Å²) in [7, 11) is 0. The molecule has 1 amide bonds. The monoisotopic (exact) mass is 371 g/mol. The number of aromatic nitrogens is 1. The first kappa shape index (κ1) is 21.9. The molecule has 1 heterocycles. The first-order valence-corrected chi connectivity index (χ1v) is 9.82. The van der Waals surface area contributed by atoms with E-state index in [1.54, 1.807) is 6.20 Å². The van der Waals surface area contributed by atoms with E-state index in [4.69, 9.17) is 4.74 Å². The average molecular weight is 372 g/mol. The number of β-amino-alcohol motifs (C(OH)–C–C–N with tert-alkyl or cyclic N) is 1. The fraction of sp³-hybridized carbons (Fsp3) is 0.778. The lowest BCUT2D eigenvalue weighted by molar-refractivity contribution is -0.116. The molecule has 0 saturated carbocycles. The van der Waals surface area contributed by atoms with Crippen LogP contribution in [-0.4, -0.2) is 40.8 Å².